The molecule has 2 heterocycles. The van der Waals surface area contributed by atoms with Crippen molar-refractivity contribution in [3.05, 3.63) is 47.0 Å². The molecule has 0 radical (unpaired) electrons. The van der Waals surface area contributed by atoms with E-state index in [1.54, 1.807) is 11.0 Å². The topological polar surface area (TPSA) is 74.7 Å². The predicted octanol–water partition coefficient (Wildman–Crippen LogP) is 3.20. The quantitative estimate of drug-likeness (QED) is 0.708. The van der Waals surface area contributed by atoms with Gasteiger partial charge in [-0.2, -0.15) is 10.1 Å². The van der Waals surface area contributed by atoms with Gasteiger partial charge >= 0.3 is 0 Å². The van der Waals surface area contributed by atoms with Crippen LogP contribution in [0.25, 0.3) is 5.69 Å². The van der Waals surface area contributed by atoms with Crippen molar-refractivity contribution in [2.75, 3.05) is 24.3 Å². The standard InChI is InChI=1S/C17H20ClN7/c1-24(2)17-20-10-25(23-17)13-5-3-4-12(8-13)19-9-14-15(11-6-7-11)21-22-16(14)18/h3-5,8,10-11,19H,6-7,9H2,1-2H3,(H,21,22). The van der Waals surface area contributed by atoms with Crippen molar-refractivity contribution >= 4 is 23.2 Å². The lowest BCUT2D eigenvalue weighted by Crippen LogP contribution is -2.11. The molecule has 0 atom stereocenters. The van der Waals surface area contributed by atoms with E-state index in [0.29, 0.717) is 23.6 Å². The zero-order valence-electron chi connectivity index (χ0n) is 14.2. The zero-order chi connectivity index (χ0) is 17.4. The summed E-state index contributed by atoms with van der Waals surface area (Å²) in [6.45, 7) is 0.644. The molecule has 0 amide bonds. The molecule has 1 aromatic carbocycles. The Morgan fingerprint density at radius 2 is 2.20 bits per heavy atom. The summed E-state index contributed by atoms with van der Waals surface area (Å²) in [7, 11) is 3.84. The van der Waals surface area contributed by atoms with Gasteiger partial charge < -0.3 is 10.2 Å². The van der Waals surface area contributed by atoms with Gasteiger partial charge in [-0.1, -0.05) is 17.7 Å². The third-order valence-corrected chi connectivity index (χ3v) is 4.61. The molecule has 1 aliphatic rings. The number of aromatic amines is 1. The Morgan fingerprint density at radius 3 is 2.92 bits per heavy atom. The van der Waals surface area contributed by atoms with Gasteiger partial charge in [-0.05, 0) is 31.0 Å². The van der Waals surface area contributed by atoms with Crippen LogP contribution in [0.4, 0.5) is 11.6 Å². The number of nitrogens with zero attached hydrogens (tertiary/aromatic N) is 5. The minimum Gasteiger partial charge on any atom is -0.381 e. The number of hydrogen-bond acceptors (Lipinski definition) is 5. The smallest absolute Gasteiger partial charge is 0.244 e. The fraction of sp³-hybridized carbons (Fsp3) is 0.353. The minimum absolute atomic E-state index is 0.553. The summed E-state index contributed by atoms with van der Waals surface area (Å²) in [6, 6.07) is 8.06. The van der Waals surface area contributed by atoms with Crippen LogP contribution in [0.1, 0.15) is 30.0 Å². The number of H-pyrrole nitrogens is 1. The highest BCUT2D eigenvalue weighted by molar-refractivity contribution is 6.30. The van der Waals surface area contributed by atoms with Crippen LogP contribution >= 0.6 is 11.6 Å². The van der Waals surface area contributed by atoms with E-state index in [0.717, 1.165) is 16.9 Å². The van der Waals surface area contributed by atoms with Gasteiger partial charge in [0.25, 0.3) is 0 Å². The van der Waals surface area contributed by atoms with Gasteiger partial charge in [0.2, 0.25) is 5.95 Å². The molecule has 8 heteroatoms. The average Bonchev–Trinajstić information content (AvgIpc) is 3.19. The number of halogens is 1. The SMILES string of the molecule is CN(C)c1ncn(-c2cccc(NCc3c(Cl)n[nH]c3C3CC3)c2)n1. The lowest BCUT2D eigenvalue weighted by Gasteiger charge is -2.09. The molecule has 0 bridgehead atoms. The highest BCUT2D eigenvalue weighted by Crippen LogP contribution is 2.42. The highest BCUT2D eigenvalue weighted by atomic mass is 35.5. The number of benzene rings is 1. The van der Waals surface area contributed by atoms with Crippen LogP contribution in [0.15, 0.2) is 30.6 Å². The third-order valence-electron chi connectivity index (χ3n) is 4.29. The van der Waals surface area contributed by atoms with Crippen molar-refractivity contribution in [3.63, 3.8) is 0 Å². The van der Waals surface area contributed by atoms with E-state index in [1.807, 2.05) is 43.3 Å². The molecule has 1 fully saturated rings. The Balaban J connectivity index is 1.51. The van der Waals surface area contributed by atoms with E-state index >= 15 is 0 Å². The van der Waals surface area contributed by atoms with Crippen molar-refractivity contribution in [1.29, 1.82) is 0 Å². The third kappa shape index (κ3) is 3.32. The average molecular weight is 358 g/mol. The van der Waals surface area contributed by atoms with Crippen molar-refractivity contribution < 1.29 is 0 Å². The second kappa shape index (κ2) is 6.40. The summed E-state index contributed by atoms with van der Waals surface area (Å²) in [5.74, 6) is 1.26. The van der Waals surface area contributed by atoms with Crippen LogP contribution in [-0.2, 0) is 6.54 Å². The van der Waals surface area contributed by atoms with Crippen LogP contribution < -0.4 is 10.2 Å². The van der Waals surface area contributed by atoms with Crippen LogP contribution in [0.3, 0.4) is 0 Å². The molecule has 1 saturated carbocycles. The molecule has 4 rings (SSSR count). The Morgan fingerprint density at radius 1 is 1.36 bits per heavy atom. The molecule has 2 aromatic heterocycles. The first-order chi connectivity index (χ1) is 12.1. The maximum Gasteiger partial charge on any atom is 0.244 e. The van der Waals surface area contributed by atoms with Crippen LogP contribution in [0, 0.1) is 0 Å². The van der Waals surface area contributed by atoms with Crippen molar-refractivity contribution in [2.45, 2.75) is 25.3 Å². The van der Waals surface area contributed by atoms with E-state index < -0.39 is 0 Å². The summed E-state index contributed by atoms with van der Waals surface area (Å²) in [4.78, 5) is 6.16. The maximum absolute atomic E-state index is 6.23. The summed E-state index contributed by atoms with van der Waals surface area (Å²) < 4.78 is 1.76. The van der Waals surface area contributed by atoms with E-state index in [9.17, 15) is 0 Å². The largest absolute Gasteiger partial charge is 0.381 e. The monoisotopic (exact) mass is 357 g/mol. The van der Waals surface area contributed by atoms with Gasteiger partial charge in [-0.15, -0.1) is 5.10 Å². The van der Waals surface area contributed by atoms with Gasteiger partial charge in [-0.3, -0.25) is 5.10 Å². The molecule has 3 aromatic rings. The number of anilines is 2. The van der Waals surface area contributed by atoms with Gasteiger partial charge in [-0.25, -0.2) is 4.68 Å². The van der Waals surface area contributed by atoms with Crippen molar-refractivity contribution in [3.8, 4) is 5.69 Å². The Hall–Kier alpha value is -2.54. The van der Waals surface area contributed by atoms with Crippen LogP contribution in [0.5, 0.6) is 0 Å². The lowest BCUT2D eigenvalue weighted by atomic mass is 10.1. The van der Waals surface area contributed by atoms with Crippen LogP contribution in [0.2, 0.25) is 5.15 Å². The minimum atomic E-state index is 0.553. The molecule has 0 saturated heterocycles. The second-order valence-electron chi connectivity index (χ2n) is 6.47. The van der Waals surface area contributed by atoms with Crippen LogP contribution in [-0.4, -0.2) is 39.1 Å². The number of nitrogens with one attached hydrogen (secondary N) is 2. The van der Waals surface area contributed by atoms with Gasteiger partial charge in [0, 0.05) is 43.5 Å². The van der Waals surface area contributed by atoms with Crippen molar-refractivity contribution in [2.24, 2.45) is 0 Å². The first-order valence-electron chi connectivity index (χ1n) is 8.28. The number of aromatic nitrogens is 5. The summed E-state index contributed by atoms with van der Waals surface area (Å²) in [5, 5.41) is 15.7. The zero-order valence-corrected chi connectivity index (χ0v) is 15.0. The van der Waals surface area contributed by atoms with E-state index in [1.165, 1.54) is 18.5 Å². The Kier molecular flexibility index (Phi) is 4.09. The normalized spacial score (nSPS) is 13.9. The first-order valence-corrected chi connectivity index (χ1v) is 8.65. The van der Waals surface area contributed by atoms with E-state index in [-0.39, 0.29) is 0 Å². The van der Waals surface area contributed by atoms with Gasteiger partial charge in [0.1, 0.15) is 6.33 Å². The molecular formula is C17H20ClN7. The molecule has 7 nitrogen and oxygen atoms in total. The second-order valence-corrected chi connectivity index (χ2v) is 6.83. The number of hydrogen-bond donors (Lipinski definition) is 2. The van der Waals surface area contributed by atoms with E-state index in [2.05, 4.69) is 25.6 Å². The lowest BCUT2D eigenvalue weighted by molar-refractivity contribution is 0.865. The molecule has 25 heavy (non-hydrogen) atoms. The fourth-order valence-corrected chi connectivity index (χ4v) is 2.98. The van der Waals surface area contributed by atoms with E-state index in [4.69, 9.17) is 11.6 Å². The highest BCUT2D eigenvalue weighted by Gasteiger charge is 2.29. The maximum atomic E-state index is 6.23. The molecular weight excluding hydrogens is 338 g/mol. The molecule has 0 spiro atoms. The van der Waals surface area contributed by atoms with Gasteiger partial charge in [0.15, 0.2) is 5.15 Å². The molecule has 0 unspecified atom stereocenters. The summed E-state index contributed by atoms with van der Waals surface area (Å²) in [5.41, 5.74) is 4.18. The summed E-state index contributed by atoms with van der Waals surface area (Å²) in [6.07, 6.45) is 4.13. The van der Waals surface area contributed by atoms with Gasteiger partial charge in [0.05, 0.1) is 5.69 Å². The first kappa shape index (κ1) is 16.0. The Labute approximate surface area is 151 Å². The molecule has 130 valence electrons. The Bertz CT molecular complexity index is 879. The number of rotatable bonds is 6. The van der Waals surface area contributed by atoms with Crippen molar-refractivity contribution in [1.82, 2.24) is 25.0 Å². The predicted molar refractivity (Wildman–Crippen MR) is 98.6 cm³/mol. The molecule has 0 aliphatic heterocycles. The molecule has 2 N–H and O–H groups in total. The molecule has 1 aliphatic carbocycles. The summed E-state index contributed by atoms with van der Waals surface area (Å²) >= 11 is 6.23. The fourth-order valence-electron chi connectivity index (χ4n) is 2.77.